The van der Waals surface area contributed by atoms with Crippen LogP contribution in [-0.2, 0) is 13.1 Å². The van der Waals surface area contributed by atoms with Crippen molar-refractivity contribution in [3.05, 3.63) is 43.5 Å². The van der Waals surface area contributed by atoms with Crippen LogP contribution in [0.1, 0.15) is 11.1 Å². The Morgan fingerprint density at radius 3 is 2.71 bits per heavy atom. The zero-order chi connectivity index (χ0) is 15.6. The van der Waals surface area contributed by atoms with E-state index in [0.717, 1.165) is 17.3 Å². The van der Waals surface area contributed by atoms with Gasteiger partial charge in [-0.15, -0.1) is 0 Å². The fraction of sp³-hybridized carbons (Fsp3) is 0.333. The molecule has 4 nitrogen and oxygen atoms in total. The van der Waals surface area contributed by atoms with E-state index in [-0.39, 0.29) is 10.7 Å². The molecule has 0 fully saturated rings. The quantitative estimate of drug-likeness (QED) is 0.929. The number of nitrogens with zero attached hydrogens (tertiary/aromatic N) is 2. The molecule has 0 saturated heterocycles. The number of alkyl halides is 3. The Labute approximate surface area is 127 Å². The Balaban J connectivity index is 2.17. The smallest absolute Gasteiger partial charge is 0.378 e. The second kappa shape index (κ2) is 6.07. The number of thiophene rings is 1. The minimum absolute atomic E-state index is 0.214. The van der Waals surface area contributed by atoms with Gasteiger partial charge in [-0.3, -0.25) is 4.79 Å². The second-order valence-corrected chi connectivity index (χ2v) is 5.51. The van der Waals surface area contributed by atoms with Gasteiger partial charge in [0, 0.05) is 6.54 Å². The average molecular weight is 338 g/mol. The molecule has 2 rings (SSSR count). The van der Waals surface area contributed by atoms with Crippen molar-refractivity contribution in [2.45, 2.75) is 26.2 Å². The summed E-state index contributed by atoms with van der Waals surface area (Å²) in [5.74, 6) is 0. The first-order valence-corrected chi connectivity index (χ1v) is 7.18. The molecule has 0 amide bonds. The summed E-state index contributed by atoms with van der Waals surface area (Å²) in [6.45, 7) is 0.892. The van der Waals surface area contributed by atoms with Crippen LogP contribution in [0.4, 0.5) is 18.9 Å². The number of rotatable bonds is 4. The molecule has 114 valence electrons. The minimum Gasteiger partial charge on any atom is -0.378 e. The highest BCUT2D eigenvalue weighted by atomic mass is 35.5. The van der Waals surface area contributed by atoms with Crippen molar-refractivity contribution in [3.8, 4) is 0 Å². The van der Waals surface area contributed by atoms with Gasteiger partial charge in [0.25, 0.3) is 5.56 Å². The minimum atomic E-state index is -4.52. The van der Waals surface area contributed by atoms with Gasteiger partial charge in [0.2, 0.25) is 0 Å². The third-order valence-corrected chi connectivity index (χ3v) is 4.02. The SMILES string of the molecule is Cc1cscc1CNc1cnn(CC(F)(F)F)c(=O)c1Cl. The van der Waals surface area contributed by atoms with Crippen LogP contribution < -0.4 is 10.9 Å². The maximum absolute atomic E-state index is 12.3. The zero-order valence-corrected chi connectivity index (χ0v) is 12.4. The molecule has 0 atom stereocenters. The molecule has 1 N–H and O–H groups in total. The van der Waals surface area contributed by atoms with Gasteiger partial charge in [0.1, 0.15) is 11.6 Å². The number of aromatic nitrogens is 2. The highest BCUT2D eigenvalue weighted by Crippen LogP contribution is 2.21. The Morgan fingerprint density at radius 1 is 1.43 bits per heavy atom. The first kappa shape index (κ1) is 15.8. The fourth-order valence-corrected chi connectivity index (χ4v) is 2.70. The molecule has 0 radical (unpaired) electrons. The lowest BCUT2D eigenvalue weighted by Gasteiger charge is -2.11. The predicted octanol–water partition coefficient (Wildman–Crippen LogP) is 3.44. The summed E-state index contributed by atoms with van der Waals surface area (Å²) in [7, 11) is 0. The molecule has 9 heteroatoms. The molecular formula is C12H11ClF3N3OS. The van der Waals surface area contributed by atoms with Crippen LogP contribution in [0.15, 0.2) is 21.8 Å². The Bertz CT molecular complexity index is 696. The van der Waals surface area contributed by atoms with Crippen LogP contribution in [0.25, 0.3) is 0 Å². The lowest BCUT2D eigenvalue weighted by atomic mass is 10.2. The van der Waals surface area contributed by atoms with E-state index in [2.05, 4.69) is 10.4 Å². The van der Waals surface area contributed by atoms with E-state index in [9.17, 15) is 18.0 Å². The summed E-state index contributed by atoms with van der Waals surface area (Å²) in [4.78, 5) is 11.7. The standard InChI is InChI=1S/C12H11ClF3N3OS/c1-7-4-21-5-8(7)2-17-9-3-18-19(6-12(14,15)16)11(20)10(9)13/h3-5,17H,2,6H2,1H3. The first-order valence-electron chi connectivity index (χ1n) is 5.86. The van der Waals surface area contributed by atoms with E-state index in [4.69, 9.17) is 11.6 Å². The average Bonchev–Trinajstić information content (AvgIpc) is 2.78. The Morgan fingerprint density at radius 2 is 2.14 bits per heavy atom. The summed E-state index contributed by atoms with van der Waals surface area (Å²) in [6, 6.07) is 0. The molecule has 21 heavy (non-hydrogen) atoms. The van der Waals surface area contributed by atoms with Crippen molar-refractivity contribution in [3.63, 3.8) is 0 Å². The Kier molecular flexibility index (Phi) is 4.58. The van der Waals surface area contributed by atoms with E-state index in [0.29, 0.717) is 11.2 Å². The number of nitrogens with one attached hydrogen (secondary N) is 1. The summed E-state index contributed by atoms with van der Waals surface area (Å²) in [5.41, 5.74) is 1.35. The van der Waals surface area contributed by atoms with Crippen molar-refractivity contribution in [2.24, 2.45) is 0 Å². The molecule has 2 aromatic heterocycles. The van der Waals surface area contributed by atoms with Gasteiger partial charge in [-0.25, -0.2) is 4.68 Å². The van der Waals surface area contributed by atoms with Crippen LogP contribution in [0.2, 0.25) is 5.02 Å². The van der Waals surface area contributed by atoms with Crippen LogP contribution in [-0.4, -0.2) is 16.0 Å². The van der Waals surface area contributed by atoms with E-state index in [1.165, 1.54) is 11.3 Å². The zero-order valence-electron chi connectivity index (χ0n) is 10.9. The van der Waals surface area contributed by atoms with Crippen molar-refractivity contribution in [2.75, 3.05) is 5.32 Å². The number of anilines is 1. The summed E-state index contributed by atoms with van der Waals surface area (Å²) < 4.78 is 37.1. The molecule has 0 unspecified atom stereocenters. The topological polar surface area (TPSA) is 46.9 Å². The van der Waals surface area contributed by atoms with E-state index < -0.39 is 18.3 Å². The number of halogens is 4. The van der Waals surface area contributed by atoms with Crippen LogP contribution in [0, 0.1) is 6.92 Å². The van der Waals surface area contributed by atoms with Crippen LogP contribution in [0.3, 0.4) is 0 Å². The molecule has 2 heterocycles. The predicted molar refractivity (Wildman–Crippen MR) is 75.9 cm³/mol. The van der Waals surface area contributed by atoms with Gasteiger partial charge < -0.3 is 5.32 Å². The van der Waals surface area contributed by atoms with Gasteiger partial charge in [-0.1, -0.05) is 11.6 Å². The van der Waals surface area contributed by atoms with Gasteiger partial charge in [-0.2, -0.15) is 29.6 Å². The molecule has 0 aliphatic heterocycles. The molecule has 2 aromatic rings. The number of hydrogen-bond acceptors (Lipinski definition) is 4. The monoisotopic (exact) mass is 337 g/mol. The highest BCUT2D eigenvalue weighted by Gasteiger charge is 2.29. The normalized spacial score (nSPS) is 11.7. The molecule has 0 aromatic carbocycles. The van der Waals surface area contributed by atoms with E-state index >= 15 is 0 Å². The highest BCUT2D eigenvalue weighted by molar-refractivity contribution is 7.08. The van der Waals surface area contributed by atoms with E-state index in [1.807, 2.05) is 17.7 Å². The van der Waals surface area contributed by atoms with Crippen LogP contribution in [0.5, 0.6) is 0 Å². The maximum Gasteiger partial charge on any atom is 0.408 e. The summed E-state index contributed by atoms with van der Waals surface area (Å²) >= 11 is 7.34. The lowest BCUT2D eigenvalue weighted by Crippen LogP contribution is -2.30. The van der Waals surface area contributed by atoms with Crippen molar-refractivity contribution < 1.29 is 13.2 Å². The van der Waals surface area contributed by atoms with E-state index in [1.54, 1.807) is 0 Å². The second-order valence-electron chi connectivity index (χ2n) is 4.38. The molecule has 0 aliphatic rings. The van der Waals surface area contributed by atoms with Crippen molar-refractivity contribution in [1.29, 1.82) is 0 Å². The number of hydrogen-bond donors (Lipinski definition) is 1. The third kappa shape index (κ3) is 3.98. The van der Waals surface area contributed by atoms with Crippen molar-refractivity contribution >= 4 is 28.6 Å². The van der Waals surface area contributed by atoms with Crippen LogP contribution >= 0.6 is 22.9 Å². The molecule has 0 saturated carbocycles. The van der Waals surface area contributed by atoms with Gasteiger partial charge >= 0.3 is 6.18 Å². The maximum atomic E-state index is 12.3. The lowest BCUT2D eigenvalue weighted by molar-refractivity contribution is -0.143. The Hall–Kier alpha value is -1.54. The number of aryl methyl sites for hydroxylation is 1. The first-order chi connectivity index (χ1) is 9.78. The third-order valence-electron chi connectivity index (χ3n) is 2.74. The van der Waals surface area contributed by atoms with Crippen molar-refractivity contribution in [1.82, 2.24) is 9.78 Å². The largest absolute Gasteiger partial charge is 0.408 e. The van der Waals surface area contributed by atoms with Gasteiger partial charge in [0.05, 0.1) is 11.9 Å². The molecule has 0 spiro atoms. The molecule has 0 aliphatic carbocycles. The summed E-state index contributed by atoms with van der Waals surface area (Å²) in [6.07, 6.45) is -3.40. The molecule has 0 bridgehead atoms. The van der Waals surface area contributed by atoms with Gasteiger partial charge in [0.15, 0.2) is 0 Å². The van der Waals surface area contributed by atoms with Gasteiger partial charge in [-0.05, 0) is 28.8 Å². The fourth-order valence-electron chi connectivity index (χ4n) is 1.63. The summed E-state index contributed by atoms with van der Waals surface area (Å²) in [5, 5.41) is 10.00. The molecular weight excluding hydrogens is 327 g/mol.